The molecule has 0 unspecified atom stereocenters. The van der Waals surface area contributed by atoms with E-state index in [4.69, 9.17) is 14.2 Å². The van der Waals surface area contributed by atoms with Crippen molar-refractivity contribution in [3.63, 3.8) is 0 Å². The molecule has 1 rings (SSSR count). The van der Waals surface area contributed by atoms with Gasteiger partial charge in [0.15, 0.2) is 0 Å². The highest BCUT2D eigenvalue weighted by Gasteiger charge is 2.17. The van der Waals surface area contributed by atoms with Crippen molar-refractivity contribution >= 4 is 11.9 Å². The molecule has 0 aliphatic carbocycles. The Hall–Kier alpha value is -3.89. The summed E-state index contributed by atoms with van der Waals surface area (Å²) in [5.74, 6) is -1.08. The second-order valence-electron chi connectivity index (χ2n) is 7.19. The van der Waals surface area contributed by atoms with Gasteiger partial charge in [-0.3, -0.25) is 0 Å². The maximum Gasteiger partial charge on any atom is 0.336 e. The Balaban J connectivity index is 3.25. The molecule has 0 atom stereocenters. The Bertz CT molecular complexity index is 977. The number of nitrogens with zero attached hydrogens (tertiary/aromatic N) is 3. The lowest BCUT2D eigenvalue weighted by Gasteiger charge is -2.15. The van der Waals surface area contributed by atoms with Crippen molar-refractivity contribution in [1.29, 1.82) is 0 Å². The van der Waals surface area contributed by atoms with Crippen LogP contribution in [-0.2, 0) is 43.4 Å². The molecule has 11 nitrogen and oxygen atoms in total. The monoisotopic (exact) mass is 463 g/mol. The van der Waals surface area contributed by atoms with Gasteiger partial charge in [0.2, 0.25) is 0 Å². The van der Waals surface area contributed by atoms with Crippen LogP contribution in [0, 0.1) is 0 Å². The normalized spacial score (nSPS) is 10.3. The molecule has 1 aromatic heterocycles. The molecule has 33 heavy (non-hydrogen) atoms. The maximum atomic E-state index is 12.8. The summed E-state index contributed by atoms with van der Waals surface area (Å²) in [5, 5.41) is 0. The number of esters is 2. The molecular formula is C22H29N3O8. The van der Waals surface area contributed by atoms with Gasteiger partial charge in [0.05, 0.1) is 19.6 Å². The predicted octanol–water partition coefficient (Wildman–Crippen LogP) is 0.517. The molecule has 0 bridgehead atoms. The van der Waals surface area contributed by atoms with Crippen molar-refractivity contribution in [3.8, 4) is 0 Å². The number of carbonyl (C=O) groups is 2. The third-order valence-corrected chi connectivity index (χ3v) is 4.25. The third-order valence-electron chi connectivity index (χ3n) is 4.25. The van der Waals surface area contributed by atoms with Gasteiger partial charge in [-0.1, -0.05) is 26.3 Å². The van der Waals surface area contributed by atoms with Crippen LogP contribution in [0.1, 0.15) is 20.8 Å². The van der Waals surface area contributed by atoms with Crippen LogP contribution in [0.3, 0.4) is 0 Å². The number of aromatic nitrogens is 3. The van der Waals surface area contributed by atoms with Crippen molar-refractivity contribution in [2.45, 2.75) is 40.4 Å². The van der Waals surface area contributed by atoms with E-state index in [0.29, 0.717) is 5.57 Å². The average molecular weight is 463 g/mol. The summed E-state index contributed by atoms with van der Waals surface area (Å²) in [6, 6.07) is 0. The minimum atomic E-state index is -0.939. The topological polar surface area (TPSA) is 128 Å². The molecule has 0 spiro atoms. The molecule has 11 heteroatoms. The van der Waals surface area contributed by atoms with Crippen LogP contribution in [0.5, 0.6) is 0 Å². The summed E-state index contributed by atoms with van der Waals surface area (Å²) in [6.07, 6.45) is 0. The fourth-order valence-electron chi connectivity index (χ4n) is 2.35. The summed E-state index contributed by atoms with van der Waals surface area (Å²) in [4.78, 5) is 61.6. The van der Waals surface area contributed by atoms with Crippen molar-refractivity contribution in [3.05, 3.63) is 80.2 Å². The molecule has 0 N–H and O–H groups in total. The van der Waals surface area contributed by atoms with E-state index in [9.17, 15) is 24.0 Å². The van der Waals surface area contributed by atoms with E-state index in [2.05, 4.69) is 26.3 Å². The van der Waals surface area contributed by atoms with Crippen LogP contribution in [-0.4, -0.2) is 45.5 Å². The van der Waals surface area contributed by atoms with Gasteiger partial charge in [0.1, 0.15) is 25.6 Å². The Morgan fingerprint density at radius 2 is 0.909 bits per heavy atom. The highest BCUT2D eigenvalue weighted by atomic mass is 16.5. The lowest BCUT2D eigenvalue weighted by molar-refractivity contribution is -0.140. The Labute approximate surface area is 190 Å². The van der Waals surface area contributed by atoms with Crippen LogP contribution < -0.4 is 17.1 Å². The summed E-state index contributed by atoms with van der Waals surface area (Å²) in [5.41, 5.74) is -1.88. The fourth-order valence-corrected chi connectivity index (χ4v) is 2.35. The van der Waals surface area contributed by atoms with E-state index in [1.165, 1.54) is 13.8 Å². The first-order valence-corrected chi connectivity index (χ1v) is 9.95. The molecule has 0 radical (unpaired) electrons. The van der Waals surface area contributed by atoms with Gasteiger partial charge >= 0.3 is 29.0 Å². The molecule has 0 aromatic carbocycles. The zero-order chi connectivity index (χ0) is 25.3. The van der Waals surface area contributed by atoms with Gasteiger partial charge in [0, 0.05) is 11.1 Å². The number of rotatable bonds is 13. The Kier molecular flexibility index (Phi) is 10.1. The third kappa shape index (κ3) is 7.63. The summed E-state index contributed by atoms with van der Waals surface area (Å²) in [7, 11) is 0. The first-order valence-electron chi connectivity index (χ1n) is 9.95. The minimum Gasteiger partial charge on any atom is -0.492 e. The van der Waals surface area contributed by atoms with Gasteiger partial charge in [-0.05, 0) is 26.3 Å². The lowest BCUT2D eigenvalue weighted by Crippen LogP contribution is -2.55. The van der Waals surface area contributed by atoms with E-state index < -0.39 is 29.0 Å². The molecule has 0 saturated carbocycles. The number of ether oxygens (including phenoxy) is 3. The second kappa shape index (κ2) is 12.2. The fraction of sp³-hybridized carbons (Fsp3) is 0.409. The standard InChI is InChI=1S/C22H29N3O8/c1-14(2)17(7)31-11-8-23-20(28)24(9-12-32-18(26)15(3)4)22(30)25(21(23)29)10-13-33-19(27)16(5)6/h1,3,5,7-13H2,2,4,6H3. The zero-order valence-corrected chi connectivity index (χ0v) is 19.2. The molecule has 0 saturated heterocycles. The first-order chi connectivity index (χ1) is 15.4. The number of hydrogen-bond acceptors (Lipinski definition) is 8. The van der Waals surface area contributed by atoms with Crippen LogP contribution in [0.2, 0.25) is 0 Å². The molecule has 1 heterocycles. The van der Waals surface area contributed by atoms with Crippen molar-refractivity contribution in [2.75, 3.05) is 19.8 Å². The van der Waals surface area contributed by atoms with Gasteiger partial charge < -0.3 is 14.2 Å². The molecule has 0 amide bonds. The van der Waals surface area contributed by atoms with Crippen molar-refractivity contribution in [2.24, 2.45) is 0 Å². The quantitative estimate of drug-likeness (QED) is 0.179. The SMILES string of the molecule is C=C(C)C(=C)OCCn1c(=O)n(CCOC(=O)C(=C)C)c(=O)n(CCOC(=O)C(=C)C)c1=O. The summed E-state index contributed by atoms with van der Waals surface area (Å²) in [6.45, 7) is 17.3. The molecular weight excluding hydrogens is 434 g/mol. The summed E-state index contributed by atoms with van der Waals surface area (Å²) >= 11 is 0. The second-order valence-corrected chi connectivity index (χ2v) is 7.19. The van der Waals surface area contributed by atoms with Gasteiger partial charge in [-0.25, -0.2) is 37.7 Å². The molecule has 180 valence electrons. The highest BCUT2D eigenvalue weighted by Crippen LogP contribution is 2.04. The van der Waals surface area contributed by atoms with Crippen LogP contribution in [0.4, 0.5) is 0 Å². The van der Waals surface area contributed by atoms with Gasteiger partial charge in [0.25, 0.3) is 0 Å². The van der Waals surface area contributed by atoms with E-state index in [1.807, 2.05) is 0 Å². The zero-order valence-electron chi connectivity index (χ0n) is 19.2. The Morgan fingerprint density at radius 1 is 0.606 bits per heavy atom. The highest BCUT2D eigenvalue weighted by molar-refractivity contribution is 5.87. The number of carbonyl (C=O) groups excluding carboxylic acids is 2. The smallest absolute Gasteiger partial charge is 0.336 e. The van der Waals surface area contributed by atoms with Crippen LogP contribution in [0.15, 0.2) is 63.2 Å². The molecule has 0 fully saturated rings. The van der Waals surface area contributed by atoms with Gasteiger partial charge in [-0.15, -0.1) is 0 Å². The van der Waals surface area contributed by atoms with Crippen LogP contribution >= 0.6 is 0 Å². The lowest BCUT2D eigenvalue weighted by atomic mass is 10.3. The summed E-state index contributed by atoms with van der Waals surface area (Å²) < 4.78 is 17.6. The minimum absolute atomic E-state index is 0.0890. The van der Waals surface area contributed by atoms with Crippen molar-refractivity contribution in [1.82, 2.24) is 13.7 Å². The maximum absolute atomic E-state index is 12.8. The molecule has 1 aromatic rings. The van der Waals surface area contributed by atoms with Gasteiger partial charge in [-0.2, -0.15) is 0 Å². The Morgan fingerprint density at radius 3 is 1.18 bits per heavy atom. The first kappa shape index (κ1) is 27.1. The van der Waals surface area contributed by atoms with E-state index in [1.54, 1.807) is 6.92 Å². The van der Waals surface area contributed by atoms with E-state index in [0.717, 1.165) is 13.7 Å². The molecule has 0 aliphatic heterocycles. The number of hydrogen-bond donors (Lipinski definition) is 0. The predicted molar refractivity (Wildman–Crippen MR) is 121 cm³/mol. The van der Waals surface area contributed by atoms with Crippen LogP contribution in [0.25, 0.3) is 0 Å². The van der Waals surface area contributed by atoms with E-state index >= 15 is 0 Å². The van der Waals surface area contributed by atoms with Crippen molar-refractivity contribution < 1.29 is 23.8 Å². The molecule has 0 aliphatic rings. The van der Waals surface area contributed by atoms with E-state index in [-0.39, 0.29) is 56.4 Å². The number of allylic oxidation sites excluding steroid dienone is 1. The largest absolute Gasteiger partial charge is 0.492 e. The average Bonchev–Trinajstić information content (AvgIpc) is 2.74.